The van der Waals surface area contributed by atoms with Crippen LogP contribution in [-0.4, -0.2) is 22.5 Å². The molecule has 0 saturated heterocycles. The van der Waals surface area contributed by atoms with Crippen LogP contribution in [0, 0.1) is 0 Å². The third kappa shape index (κ3) is 2.60. The summed E-state index contributed by atoms with van der Waals surface area (Å²) in [6.45, 7) is 0.588. The SMILES string of the molecule is O=C([O-])CCCNc1ncnc2sc3c(c12)CCCC3. The Bertz CT molecular complexity index is 639. The molecule has 0 aromatic carbocycles. The largest absolute Gasteiger partial charge is 0.550 e. The highest BCUT2D eigenvalue weighted by Crippen LogP contribution is 2.37. The zero-order valence-electron chi connectivity index (χ0n) is 11.1. The van der Waals surface area contributed by atoms with Gasteiger partial charge in [0.1, 0.15) is 17.0 Å². The zero-order chi connectivity index (χ0) is 13.9. The third-order valence-corrected chi connectivity index (χ3v) is 4.80. The van der Waals surface area contributed by atoms with Crippen molar-refractivity contribution in [3.63, 3.8) is 0 Å². The number of carbonyl (C=O) groups excluding carboxylic acids is 1. The number of aliphatic carboxylic acids is 1. The second-order valence-corrected chi connectivity index (χ2v) is 6.10. The van der Waals surface area contributed by atoms with Gasteiger partial charge >= 0.3 is 0 Å². The van der Waals surface area contributed by atoms with E-state index in [1.807, 2.05) is 0 Å². The summed E-state index contributed by atoms with van der Waals surface area (Å²) in [5, 5.41) is 14.8. The van der Waals surface area contributed by atoms with Crippen molar-refractivity contribution < 1.29 is 9.90 Å². The molecule has 0 spiro atoms. The predicted molar refractivity (Wildman–Crippen MR) is 76.8 cm³/mol. The number of aryl methyl sites for hydroxylation is 2. The van der Waals surface area contributed by atoms with Crippen LogP contribution in [-0.2, 0) is 17.6 Å². The molecule has 6 heteroatoms. The van der Waals surface area contributed by atoms with Crippen molar-refractivity contribution in [3.05, 3.63) is 16.8 Å². The molecule has 0 fully saturated rings. The fraction of sp³-hybridized carbons (Fsp3) is 0.500. The summed E-state index contributed by atoms with van der Waals surface area (Å²) in [6, 6.07) is 0. The quantitative estimate of drug-likeness (QED) is 0.845. The fourth-order valence-corrected chi connectivity index (χ4v) is 3.89. The molecular formula is C14H16N3O2S-. The Hall–Kier alpha value is -1.69. The number of fused-ring (bicyclic) bond motifs is 3. The van der Waals surface area contributed by atoms with Crippen LogP contribution in [0.25, 0.3) is 10.2 Å². The first-order valence-corrected chi connectivity index (χ1v) is 7.76. The van der Waals surface area contributed by atoms with E-state index in [4.69, 9.17) is 0 Å². The molecule has 2 aromatic rings. The minimum Gasteiger partial charge on any atom is -0.550 e. The second-order valence-electron chi connectivity index (χ2n) is 5.02. The molecule has 0 atom stereocenters. The van der Waals surface area contributed by atoms with Crippen molar-refractivity contribution >= 4 is 33.3 Å². The van der Waals surface area contributed by atoms with Gasteiger partial charge in [-0.15, -0.1) is 11.3 Å². The molecule has 1 aliphatic rings. The van der Waals surface area contributed by atoms with Crippen LogP contribution < -0.4 is 10.4 Å². The number of carboxylic acids is 1. The van der Waals surface area contributed by atoms with Gasteiger partial charge in [0.25, 0.3) is 0 Å². The average molecular weight is 290 g/mol. The van der Waals surface area contributed by atoms with E-state index < -0.39 is 5.97 Å². The molecule has 2 aromatic heterocycles. The van der Waals surface area contributed by atoms with Crippen LogP contribution in [0.3, 0.4) is 0 Å². The van der Waals surface area contributed by atoms with Gasteiger partial charge in [-0.1, -0.05) is 0 Å². The molecule has 2 heterocycles. The van der Waals surface area contributed by atoms with Gasteiger partial charge < -0.3 is 15.2 Å². The minimum atomic E-state index is -1.01. The Morgan fingerprint density at radius 1 is 1.35 bits per heavy atom. The average Bonchev–Trinajstić information content (AvgIpc) is 2.82. The third-order valence-electron chi connectivity index (χ3n) is 3.60. The maximum atomic E-state index is 10.4. The molecule has 0 bridgehead atoms. The Morgan fingerprint density at radius 2 is 2.20 bits per heavy atom. The van der Waals surface area contributed by atoms with Gasteiger partial charge in [-0.05, 0) is 44.1 Å². The van der Waals surface area contributed by atoms with Gasteiger partial charge in [-0.3, -0.25) is 0 Å². The lowest BCUT2D eigenvalue weighted by molar-refractivity contribution is -0.305. The molecule has 0 unspecified atom stereocenters. The van der Waals surface area contributed by atoms with E-state index in [2.05, 4.69) is 15.3 Å². The molecule has 0 radical (unpaired) electrons. The standard InChI is InChI=1S/C14H17N3O2S/c18-11(19)6-3-7-15-13-12-9-4-1-2-5-10(9)20-14(12)17-8-16-13/h8H,1-7H2,(H,18,19)(H,15,16,17)/p-1. The number of nitrogens with one attached hydrogen (secondary N) is 1. The smallest absolute Gasteiger partial charge is 0.138 e. The van der Waals surface area contributed by atoms with Crippen LogP contribution in [0.1, 0.15) is 36.1 Å². The lowest BCUT2D eigenvalue weighted by Gasteiger charge is -2.12. The number of rotatable bonds is 5. The lowest BCUT2D eigenvalue weighted by Crippen LogP contribution is -2.22. The van der Waals surface area contributed by atoms with Crippen LogP contribution in [0.5, 0.6) is 0 Å². The molecule has 0 saturated carbocycles. The number of carboxylic acid groups (broad SMARTS) is 1. The number of nitrogens with zero attached hydrogens (tertiary/aromatic N) is 2. The first-order valence-electron chi connectivity index (χ1n) is 6.94. The van der Waals surface area contributed by atoms with E-state index in [9.17, 15) is 9.90 Å². The Balaban J connectivity index is 1.83. The summed E-state index contributed by atoms with van der Waals surface area (Å²) in [5.74, 6) is -0.166. The number of thiophene rings is 1. The Labute approximate surface area is 121 Å². The van der Waals surface area contributed by atoms with E-state index in [0.29, 0.717) is 13.0 Å². The minimum absolute atomic E-state index is 0.0724. The van der Waals surface area contributed by atoms with Crippen molar-refractivity contribution in [2.75, 3.05) is 11.9 Å². The highest BCUT2D eigenvalue weighted by atomic mass is 32.1. The number of hydrogen-bond acceptors (Lipinski definition) is 6. The number of carbonyl (C=O) groups is 1. The van der Waals surface area contributed by atoms with Crippen molar-refractivity contribution in [2.24, 2.45) is 0 Å². The van der Waals surface area contributed by atoms with Gasteiger partial charge in [-0.2, -0.15) is 0 Å². The van der Waals surface area contributed by atoms with Gasteiger partial charge in [0.2, 0.25) is 0 Å². The summed E-state index contributed by atoms with van der Waals surface area (Å²) in [7, 11) is 0. The zero-order valence-corrected chi connectivity index (χ0v) is 12.0. The molecule has 1 aliphatic carbocycles. The van der Waals surface area contributed by atoms with E-state index in [1.54, 1.807) is 17.7 Å². The maximum Gasteiger partial charge on any atom is 0.138 e. The molecule has 0 amide bonds. The first-order chi connectivity index (χ1) is 9.75. The molecule has 106 valence electrons. The summed E-state index contributed by atoms with van der Waals surface area (Å²) < 4.78 is 0. The highest BCUT2D eigenvalue weighted by molar-refractivity contribution is 7.19. The molecular weight excluding hydrogens is 274 g/mol. The van der Waals surface area contributed by atoms with Crippen molar-refractivity contribution in [3.8, 4) is 0 Å². The van der Waals surface area contributed by atoms with Crippen LogP contribution in [0.4, 0.5) is 5.82 Å². The summed E-state index contributed by atoms with van der Waals surface area (Å²) in [6.07, 6.45) is 6.89. The molecule has 3 rings (SSSR count). The lowest BCUT2D eigenvalue weighted by atomic mass is 9.97. The topological polar surface area (TPSA) is 77.9 Å². The van der Waals surface area contributed by atoms with Gasteiger partial charge in [0, 0.05) is 17.4 Å². The number of aromatic nitrogens is 2. The van der Waals surface area contributed by atoms with E-state index in [0.717, 1.165) is 28.9 Å². The Kier molecular flexibility index (Phi) is 3.82. The summed E-state index contributed by atoms with van der Waals surface area (Å²) in [5.41, 5.74) is 1.39. The van der Waals surface area contributed by atoms with Crippen LogP contribution >= 0.6 is 11.3 Å². The second kappa shape index (κ2) is 5.75. The number of anilines is 1. The van der Waals surface area contributed by atoms with Gasteiger partial charge in [0.05, 0.1) is 5.39 Å². The van der Waals surface area contributed by atoms with Crippen LogP contribution in [0.15, 0.2) is 6.33 Å². The maximum absolute atomic E-state index is 10.4. The Morgan fingerprint density at radius 3 is 3.05 bits per heavy atom. The molecule has 20 heavy (non-hydrogen) atoms. The van der Waals surface area contributed by atoms with Crippen molar-refractivity contribution in [1.82, 2.24) is 9.97 Å². The fourth-order valence-electron chi connectivity index (χ4n) is 2.66. The predicted octanol–water partition coefficient (Wildman–Crippen LogP) is 1.51. The first kappa shape index (κ1) is 13.3. The van der Waals surface area contributed by atoms with E-state index >= 15 is 0 Å². The van der Waals surface area contributed by atoms with Gasteiger partial charge in [-0.25, -0.2) is 9.97 Å². The van der Waals surface area contributed by atoms with Crippen molar-refractivity contribution in [1.29, 1.82) is 0 Å². The molecule has 1 N–H and O–H groups in total. The normalized spacial score (nSPS) is 14.2. The van der Waals surface area contributed by atoms with Gasteiger partial charge in [0.15, 0.2) is 0 Å². The van der Waals surface area contributed by atoms with Crippen molar-refractivity contribution in [2.45, 2.75) is 38.5 Å². The van der Waals surface area contributed by atoms with E-state index in [-0.39, 0.29) is 6.42 Å². The number of hydrogen-bond donors (Lipinski definition) is 1. The summed E-state index contributed by atoms with van der Waals surface area (Å²) in [4.78, 5) is 21.6. The van der Waals surface area contributed by atoms with Crippen LogP contribution in [0.2, 0.25) is 0 Å². The van der Waals surface area contributed by atoms with E-state index in [1.165, 1.54) is 23.3 Å². The molecule has 5 nitrogen and oxygen atoms in total. The highest BCUT2D eigenvalue weighted by Gasteiger charge is 2.19. The monoisotopic (exact) mass is 290 g/mol. The molecule has 0 aliphatic heterocycles. The summed E-state index contributed by atoms with van der Waals surface area (Å²) >= 11 is 1.76.